The van der Waals surface area contributed by atoms with E-state index in [0.717, 1.165) is 5.39 Å². The molecule has 0 atom stereocenters. The first-order valence-electron chi connectivity index (χ1n) is 9.56. The molecule has 0 spiro atoms. The lowest BCUT2D eigenvalue weighted by Gasteiger charge is -2.27. The van der Waals surface area contributed by atoms with E-state index < -0.39 is 12.0 Å². The van der Waals surface area contributed by atoms with Crippen molar-refractivity contribution < 1.29 is 23.9 Å². The van der Waals surface area contributed by atoms with Gasteiger partial charge in [-0.3, -0.25) is 4.79 Å². The van der Waals surface area contributed by atoms with E-state index in [0.29, 0.717) is 30.8 Å². The summed E-state index contributed by atoms with van der Waals surface area (Å²) in [6.07, 6.45) is 0.647. The third-order valence-corrected chi connectivity index (χ3v) is 4.58. The van der Waals surface area contributed by atoms with E-state index in [1.807, 2.05) is 18.2 Å². The number of aromatic nitrogens is 1. The largest absolute Gasteiger partial charge is 0.496 e. The van der Waals surface area contributed by atoms with E-state index in [1.165, 1.54) is 17.1 Å². The third-order valence-electron chi connectivity index (χ3n) is 4.58. The summed E-state index contributed by atoms with van der Waals surface area (Å²) >= 11 is 0. The van der Waals surface area contributed by atoms with Crippen molar-refractivity contribution in [3.05, 3.63) is 48.2 Å². The van der Waals surface area contributed by atoms with Crippen LogP contribution < -0.4 is 10.1 Å². The van der Waals surface area contributed by atoms with E-state index in [9.17, 15) is 14.4 Å². The maximum absolute atomic E-state index is 13.1. The number of carbonyl (C=O) groups is 3. The van der Waals surface area contributed by atoms with Gasteiger partial charge in [-0.1, -0.05) is 18.7 Å². The first kappa shape index (κ1) is 21.1. The Labute approximate surface area is 174 Å². The first-order chi connectivity index (χ1) is 14.4. The van der Waals surface area contributed by atoms with Crippen molar-refractivity contribution in [1.82, 2.24) is 20.3 Å². The smallest absolute Gasteiger partial charge is 0.336 e. The molecule has 1 aliphatic heterocycles. The normalized spacial score (nSPS) is 13.3. The van der Waals surface area contributed by atoms with Gasteiger partial charge in [0.05, 0.1) is 19.2 Å². The van der Waals surface area contributed by atoms with Gasteiger partial charge in [0.2, 0.25) is 0 Å². The van der Waals surface area contributed by atoms with Crippen LogP contribution in [0.4, 0.5) is 4.79 Å². The molecule has 0 bridgehead atoms. The number of carbonyl (C=O) groups excluding carboxylic acids is 3. The summed E-state index contributed by atoms with van der Waals surface area (Å²) in [5.74, 6) is -0.363. The quantitative estimate of drug-likeness (QED) is 0.443. The van der Waals surface area contributed by atoms with E-state index in [4.69, 9.17) is 9.47 Å². The van der Waals surface area contributed by atoms with Gasteiger partial charge in [0.15, 0.2) is 0 Å². The summed E-state index contributed by atoms with van der Waals surface area (Å²) in [5, 5.41) is 6.16. The van der Waals surface area contributed by atoms with Crippen LogP contribution in [0.15, 0.2) is 42.5 Å². The lowest BCUT2D eigenvalue weighted by Crippen LogP contribution is -2.50. The molecular formula is C21H24N4O5. The highest BCUT2D eigenvalue weighted by atomic mass is 16.5. The summed E-state index contributed by atoms with van der Waals surface area (Å²) in [6, 6.07) is 8.50. The van der Waals surface area contributed by atoms with Gasteiger partial charge in [0.25, 0.3) is 5.91 Å². The summed E-state index contributed by atoms with van der Waals surface area (Å²) in [7, 11) is 1.53. The number of nitrogens with zero attached hydrogens (tertiary/aromatic N) is 3. The minimum atomic E-state index is -0.515. The Kier molecular flexibility index (Phi) is 6.51. The van der Waals surface area contributed by atoms with Crippen molar-refractivity contribution in [2.45, 2.75) is 13.3 Å². The van der Waals surface area contributed by atoms with Crippen LogP contribution >= 0.6 is 0 Å². The molecule has 3 rings (SSSR count). The zero-order chi connectivity index (χ0) is 21.7. The van der Waals surface area contributed by atoms with Crippen molar-refractivity contribution in [3.8, 4) is 5.75 Å². The number of fused-ring (bicyclic) bond motifs is 1. The van der Waals surface area contributed by atoms with Crippen LogP contribution in [0.5, 0.6) is 5.75 Å². The van der Waals surface area contributed by atoms with Gasteiger partial charge in [-0.2, -0.15) is 0 Å². The van der Waals surface area contributed by atoms with Crippen molar-refractivity contribution in [2.24, 2.45) is 0 Å². The van der Waals surface area contributed by atoms with E-state index in [1.54, 1.807) is 19.1 Å². The van der Waals surface area contributed by atoms with E-state index >= 15 is 0 Å². The first-order valence-corrected chi connectivity index (χ1v) is 9.56. The molecule has 2 heterocycles. The highest BCUT2D eigenvalue weighted by Gasteiger charge is 2.32. The lowest BCUT2D eigenvalue weighted by molar-refractivity contribution is -0.138. The van der Waals surface area contributed by atoms with Crippen LogP contribution in [0.1, 0.15) is 23.8 Å². The van der Waals surface area contributed by atoms with Gasteiger partial charge in [0, 0.05) is 30.1 Å². The van der Waals surface area contributed by atoms with Crippen molar-refractivity contribution >= 4 is 28.8 Å². The van der Waals surface area contributed by atoms with Crippen LogP contribution in [0.3, 0.4) is 0 Å². The molecule has 1 aromatic carbocycles. The van der Waals surface area contributed by atoms with Gasteiger partial charge in [-0.15, -0.1) is 0 Å². The number of esters is 1. The van der Waals surface area contributed by atoms with Gasteiger partial charge < -0.3 is 14.8 Å². The number of methoxy groups -OCH3 is 1. The van der Waals surface area contributed by atoms with Gasteiger partial charge in [-0.05, 0) is 25.5 Å². The molecule has 158 valence electrons. The Bertz CT molecular complexity index is 991. The highest BCUT2D eigenvalue weighted by molar-refractivity contribution is 5.98. The average Bonchev–Trinajstić information content (AvgIpc) is 3.24. The molecule has 0 aliphatic carbocycles. The number of ether oxygens (including phenoxy) is 2. The highest BCUT2D eigenvalue weighted by Crippen LogP contribution is 2.26. The Morgan fingerprint density at radius 3 is 2.67 bits per heavy atom. The number of hydrazine groups is 1. The van der Waals surface area contributed by atoms with Crippen LogP contribution in [0, 0.1) is 0 Å². The fourth-order valence-electron chi connectivity index (χ4n) is 3.10. The molecule has 0 unspecified atom stereocenters. The number of para-hydroxylation sites is 1. The van der Waals surface area contributed by atoms with E-state index in [-0.39, 0.29) is 30.3 Å². The van der Waals surface area contributed by atoms with Gasteiger partial charge >= 0.3 is 12.0 Å². The Morgan fingerprint density at radius 1 is 1.20 bits per heavy atom. The van der Waals surface area contributed by atoms with Gasteiger partial charge in [0.1, 0.15) is 18.1 Å². The minimum absolute atomic E-state index is 0.0165. The Morgan fingerprint density at radius 2 is 1.93 bits per heavy atom. The number of hydrogen-bond acceptors (Lipinski definition) is 6. The standard InChI is InChI=1S/C21H24N4O5/c1-14(2)20(27)30-12-9-22-21(28)25-11-6-10-24(25)19(26)17-13-18(29-3)15-7-4-5-8-16(15)23-17/h4-5,7-8,13H,1,6,9-12H2,2-3H3,(H,22,28). The van der Waals surface area contributed by atoms with Gasteiger partial charge in [-0.25, -0.2) is 24.6 Å². The number of urea groups is 1. The van der Waals surface area contributed by atoms with Crippen LogP contribution in [-0.4, -0.2) is 66.3 Å². The molecule has 0 saturated carbocycles. The third kappa shape index (κ3) is 4.51. The maximum Gasteiger partial charge on any atom is 0.336 e. The molecule has 9 nitrogen and oxygen atoms in total. The zero-order valence-electron chi connectivity index (χ0n) is 17.0. The number of nitrogens with one attached hydrogen (secondary N) is 1. The van der Waals surface area contributed by atoms with Crippen LogP contribution in [0.2, 0.25) is 0 Å². The van der Waals surface area contributed by atoms with Crippen molar-refractivity contribution in [1.29, 1.82) is 0 Å². The Hall–Kier alpha value is -3.62. The fourth-order valence-corrected chi connectivity index (χ4v) is 3.10. The van der Waals surface area contributed by atoms with Crippen LogP contribution in [0.25, 0.3) is 10.9 Å². The molecule has 1 N–H and O–H groups in total. The van der Waals surface area contributed by atoms with Crippen LogP contribution in [-0.2, 0) is 9.53 Å². The molecular weight excluding hydrogens is 388 g/mol. The average molecular weight is 412 g/mol. The topological polar surface area (TPSA) is 101 Å². The number of hydrogen-bond donors (Lipinski definition) is 1. The molecule has 1 aliphatic rings. The molecule has 0 radical (unpaired) electrons. The number of rotatable bonds is 6. The second-order valence-corrected chi connectivity index (χ2v) is 6.78. The van der Waals surface area contributed by atoms with E-state index in [2.05, 4.69) is 16.9 Å². The fraction of sp³-hybridized carbons (Fsp3) is 0.333. The minimum Gasteiger partial charge on any atom is -0.496 e. The second kappa shape index (κ2) is 9.25. The lowest BCUT2D eigenvalue weighted by atomic mass is 10.1. The molecule has 1 aromatic heterocycles. The molecule has 9 heteroatoms. The Balaban J connectivity index is 1.68. The SMILES string of the molecule is C=C(C)C(=O)OCCNC(=O)N1CCCN1C(=O)c1cc(OC)c2ccccc2n1. The van der Waals surface area contributed by atoms with Crippen molar-refractivity contribution in [2.75, 3.05) is 33.4 Å². The summed E-state index contributed by atoms with van der Waals surface area (Å²) in [4.78, 5) is 41.4. The molecule has 1 saturated heterocycles. The molecule has 2 aromatic rings. The number of amides is 3. The monoisotopic (exact) mass is 412 g/mol. The maximum atomic E-state index is 13.1. The molecule has 1 fully saturated rings. The van der Waals surface area contributed by atoms with Crippen molar-refractivity contribution in [3.63, 3.8) is 0 Å². The summed E-state index contributed by atoms with van der Waals surface area (Å²) in [6.45, 7) is 5.97. The predicted molar refractivity (Wildman–Crippen MR) is 110 cm³/mol. The zero-order valence-corrected chi connectivity index (χ0v) is 17.0. The number of benzene rings is 1. The molecule has 3 amide bonds. The second-order valence-electron chi connectivity index (χ2n) is 6.78. The number of pyridine rings is 1. The summed E-state index contributed by atoms with van der Waals surface area (Å²) in [5.41, 5.74) is 1.12. The predicted octanol–water partition coefficient (Wildman–Crippen LogP) is 2.14. The molecule has 30 heavy (non-hydrogen) atoms. The summed E-state index contributed by atoms with van der Waals surface area (Å²) < 4.78 is 10.4.